The normalized spacial score (nSPS) is 14.3. The van der Waals surface area contributed by atoms with Crippen molar-refractivity contribution >= 4 is 87.2 Å². The first-order chi connectivity index (χ1) is 39.7. The first-order valence-corrected chi connectivity index (χ1v) is 34.2. The van der Waals surface area contributed by atoms with Gasteiger partial charge in [0.05, 0.1) is 0 Å². The molecule has 14 rings (SSSR count). The SMILES string of the molecule is CC(C)(C)c1cc(-c2cc(C(C)(C)C)cc(-c3ccccc3)c2N2[CH-]N(c3[c-]c(Oc4[c-]c5c6[c](c4)[Ge]4([c]7ccccc7Sc7cccc[c]74)[c]4cccc(c46)n5-c4cc(C(C)(C)C)ccn4)ccc3)c3ccccc32)cc(C(C)(C)C)c1.[Pt]. The molecule has 0 atom stereocenters. The summed E-state index contributed by atoms with van der Waals surface area (Å²) in [6.07, 6.45) is 1.96. The molecule has 0 radical (unpaired) electrons. The second-order valence-electron chi connectivity index (χ2n) is 27.0. The van der Waals surface area contributed by atoms with E-state index in [0.29, 0.717) is 11.5 Å². The average Bonchev–Trinajstić information content (AvgIpc) is 1.49. The molecular weight excluding hydrogens is 1280 g/mol. The molecule has 0 saturated heterocycles. The van der Waals surface area contributed by atoms with Gasteiger partial charge in [0.1, 0.15) is 0 Å². The molecule has 3 aliphatic rings. The molecule has 0 N–H and O–H groups in total. The van der Waals surface area contributed by atoms with Gasteiger partial charge in [-0.05, 0) is 56.2 Å². The number of para-hydroxylation sites is 2. The molecule has 0 unspecified atom stereocenters. The minimum atomic E-state index is -3.73. The van der Waals surface area contributed by atoms with E-state index in [0.717, 1.165) is 39.6 Å². The van der Waals surface area contributed by atoms with Crippen LogP contribution < -0.4 is 32.1 Å². The van der Waals surface area contributed by atoms with Crippen molar-refractivity contribution in [1.29, 1.82) is 0 Å². The van der Waals surface area contributed by atoms with Crippen LogP contribution in [-0.2, 0) is 42.7 Å². The number of aromatic nitrogens is 2. The maximum atomic E-state index is 7.29. The second-order valence-corrected chi connectivity index (χ2v) is 35.7. The number of hydrogen-bond donors (Lipinski definition) is 0. The van der Waals surface area contributed by atoms with Crippen LogP contribution in [0.5, 0.6) is 11.5 Å². The molecular formula is C76H69GeN4OPtS-3. The number of hydrogen-bond acceptors (Lipinski definition) is 5. The topological polar surface area (TPSA) is 33.5 Å². The minimum Gasteiger partial charge on any atom is -0.0561 e. The van der Waals surface area contributed by atoms with Crippen molar-refractivity contribution in [3.8, 4) is 39.6 Å². The van der Waals surface area contributed by atoms with Crippen LogP contribution in [0.1, 0.15) is 105 Å². The second kappa shape index (κ2) is 20.3. The molecule has 0 bridgehead atoms. The quantitative estimate of drug-likeness (QED) is 0.117. The van der Waals surface area contributed by atoms with Gasteiger partial charge in [-0.3, -0.25) is 0 Å². The van der Waals surface area contributed by atoms with Gasteiger partial charge in [0.15, 0.2) is 0 Å². The minimum absolute atomic E-state index is 0. The van der Waals surface area contributed by atoms with Gasteiger partial charge >= 0.3 is 334 Å². The van der Waals surface area contributed by atoms with Crippen molar-refractivity contribution in [2.24, 2.45) is 0 Å². The van der Waals surface area contributed by atoms with Crippen LogP contribution >= 0.6 is 11.8 Å². The van der Waals surface area contributed by atoms with Gasteiger partial charge in [-0.1, -0.05) is 111 Å². The predicted molar refractivity (Wildman–Crippen MR) is 351 cm³/mol. The van der Waals surface area contributed by atoms with E-state index in [4.69, 9.17) is 9.72 Å². The van der Waals surface area contributed by atoms with Gasteiger partial charge in [-0.2, -0.15) is 0 Å². The molecule has 1 spiro atoms. The van der Waals surface area contributed by atoms with E-state index in [1.54, 1.807) is 0 Å². The number of rotatable bonds is 7. The smallest absolute Gasteiger partial charge is 0 e. The zero-order chi connectivity index (χ0) is 57.5. The fourth-order valence-corrected chi connectivity index (χ4v) is 27.2. The van der Waals surface area contributed by atoms with Crippen molar-refractivity contribution in [3.05, 3.63) is 235 Å². The number of nitrogens with zero attached hydrogens (tertiary/aromatic N) is 4. The summed E-state index contributed by atoms with van der Waals surface area (Å²) >= 11 is -1.83. The van der Waals surface area contributed by atoms with E-state index < -0.39 is 13.3 Å². The molecule has 84 heavy (non-hydrogen) atoms. The summed E-state index contributed by atoms with van der Waals surface area (Å²) < 4.78 is 15.4. The molecule has 11 aromatic rings. The standard InChI is InChI=1S/C76H69GeN4OS.Pt/c1-73(2,3)50-36-37-78-69(43-50)81-65-33-23-30-61-70(65)71-62(77(61)59-28-16-20-34-67(59)83-68-35-21-17-29-60(68)77)45-56(46-66(71)81)82-55-27-22-26-54(44-55)79-47-80(64-32-19-18-31-63(64)79)72-57(48-24-14-13-15-25-48)41-53(76(10,11)12)42-58(72)49-38-51(74(4,5)6)40-52(39-49)75(7,8)9;/h13-43,45,47H,1-12H3;/q-3;. The van der Waals surface area contributed by atoms with Crippen molar-refractivity contribution in [2.75, 3.05) is 9.80 Å². The maximum absolute atomic E-state index is 7.29. The third kappa shape index (κ3) is 9.11. The summed E-state index contributed by atoms with van der Waals surface area (Å²) in [5.74, 6) is 2.14. The van der Waals surface area contributed by atoms with Crippen molar-refractivity contribution in [3.63, 3.8) is 0 Å². The van der Waals surface area contributed by atoms with Gasteiger partial charge in [-0.25, -0.2) is 0 Å². The van der Waals surface area contributed by atoms with Crippen molar-refractivity contribution in [2.45, 2.75) is 115 Å². The zero-order valence-corrected chi connectivity index (χ0v) is 55.2. The van der Waals surface area contributed by atoms with Crippen LogP contribution in [0.15, 0.2) is 204 Å². The summed E-state index contributed by atoms with van der Waals surface area (Å²) in [4.78, 5) is 12.5. The summed E-state index contributed by atoms with van der Waals surface area (Å²) in [7, 11) is 0. The molecule has 0 aliphatic carbocycles. The monoisotopic (exact) mass is 1350 g/mol. The first kappa shape index (κ1) is 56.1. The third-order valence-corrected chi connectivity index (χ3v) is 29.6. The van der Waals surface area contributed by atoms with E-state index in [9.17, 15) is 0 Å². The summed E-state index contributed by atoms with van der Waals surface area (Å²) in [6, 6.07) is 78.0. The van der Waals surface area contributed by atoms with Crippen molar-refractivity contribution in [1.82, 2.24) is 9.55 Å². The van der Waals surface area contributed by atoms with Gasteiger partial charge in [0.25, 0.3) is 0 Å². The molecule has 2 aromatic heterocycles. The predicted octanol–water partition coefficient (Wildman–Crippen LogP) is 17.7. The van der Waals surface area contributed by atoms with E-state index in [1.807, 2.05) is 24.0 Å². The Labute approximate surface area is 517 Å². The average molecular weight is 1350 g/mol. The van der Waals surface area contributed by atoms with E-state index in [-0.39, 0.29) is 42.7 Å². The molecule has 0 fully saturated rings. The molecule has 422 valence electrons. The summed E-state index contributed by atoms with van der Waals surface area (Å²) in [6.45, 7) is 30.0. The van der Waals surface area contributed by atoms with Crippen LogP contribution in [0.4, 0.5) is 22.7 Å². The van der Waals surface area contributed by atoms with E-state index in [2.05, 4.69) is 298 Å². The molecule has 8 heteroatoms. The van der Waals surface area contributed by atoms with E-state index in [1.165, 1.54) is 82.7 Å². The number of ether oxygens (including phenoxy) is 1. The zero-order valence-electron chi connectivity index (χ0n) is 50.0. The number of anilines is 4. The Bertz CT molecular complexity index is 4360. The fourth-order valence-electron chi connectivity index (χ4n) is 13.0. The third-order valence-electron chi connectivity index (χ3n) is 17.4. The molecule has 0 saturated carbocycles. The van der Waals surface area contributed by atoms with Crippen LogP contribution in [0.2, 0.25) is 0 Å². The number of fused-ring (bicyclic) bond motifs is 7. The Morgan fingerprint density at radius 2 is 1.02 bits per heavy atom. The molecule has 5 heterocycles. The number of pyridine rings is 1. The Balaban J connectivity index is 0.00000658. The molecule has 9 aromatic carbocycles. The van der Waals surface area contributed by atoms with E-state index >= 15 is 0 Å². The Hall–Kier alpha value is -7.09. The molecule has 3 aliphatic heterocycles. The summed E-state index contributed by atoms with van der Waals surface area (Å²) in [5, 5.41) is 2.57. The van der Waals surface area contributed by atoms with Gasteiger partial charge < -0.3 is 0 Å². The molecule has 0 amide bonds. The van der Waals surface area contributed by atoms with Gasteiger partial charge in [0, 0.05) is 21.1 Å². The summed E-state index contributed by atoms with van der Waals surface area (Å²) in [5.41, 5.74) is 15.8. The van der Waals surface area contributed by atoms with Crippen LogP contribution in [-0.4, -0.2) is 22.8 Å². The fraction of sp³-hybridized carbons (Fsp3) is 0.211. The van der Waals surface area contributed by atoms with Crippen molar-refractivity contribution < 1.29 is 25.8 Å². The maximum Gasteiger partial charge on any atom is 0 e. The largest absolute Gasteiger partial charge is 0.0561 e. The first-order valence-electron chi connectivity index (χ1n) is 29.2. The Kier molecular flexibility index (Phi) is 13.5. The van der Waals surface area contributed by atoms with Gasteiger partial charge in [-0.15, -0.1) is 0 Å². The molecule has 5 nitrogen and oxygen atoms in total. The Morgan fingerprint density at radius 3 is 1.67 bits per heavy atom. The number of benzene rings is 9. The van der Waals surface area contributed by atoms with Crippen LogP contribution in [0, 0.1) is 18.8 Å². The Morgan fingerprint density at radius 1 is 0.464 bits per heavy atom. The van der Waals surface area contributed by atoms with Crippen LogP contribution in [0.3, 0.4) is 0 Å². The van der Waals surface area contributed by atoms with Gasteiger partial charge in [0.2, 0.25) is 0 Å². The van der Waals surface area contributed by atoms with Crippen LogP contribution in [0.25, 0.3) is 49.9 Å².